The number of phenolic OH excluding ortho intramolecular Hbond substituents is 2. The molecule has 0 heterocycles. The Bertz CT molecular complexity index is 1080. The Kier molecular flexibility index (Phi) is 5.05. The molecule has 0 aromatic heterocycles. The maximum Gasteiger partial charge on any atom is 0.128 e. The van der Waals surface area contributed by atoms with Crippen molar-refractivity contribution in [3.8, 4) is 45.6 Å². The standard InChI is InChI=1S/C24H20N2O4/c25-15-1-5-17(6-2-15)29-19-9-11-23(27)21(13-19)22-14-20(10-12-24(22)28)30-18-7-3-16(26)4-8-18/h1-14,27-28H,25-26H2. The number of benzene rings is 4. The number of aromatic hydroxyl groups is 2. The molecule has 0 fully saturated rings. The minimum Gasteiger partial charge on any atom is -0.507 e. The molecule has 6 nitrogen and oxygen atoms in total. The second kappa shape index (κ2) is 7.97. The van der Waals surface area contributed by atoms with Crippen LogP contribution >= 0.6 is 0 Å². The number of anilines is 2. The van der Waals surface area contributed by atoms with Gasteiger partial charge in [-0.3, -0.25) is 0 Å². The van der Waals surface area contributed by atoms with Crippen molar-refractivity contribution in [3.05, 3.63) is 84.9 Å². The van der Waals surface area contributed by atoms with Crippen LogP contribution in [0.5, 0.6) is 34.5 Å². The number of nitrogen functional groups attached to an aromatic ring is 2. The van der Waals surface area contributed by atoms with E-state index in [-0.39, 0.29) is 11.5 Å². The topological polar surface area (TPSA) is 111 Å². The summed E-state index contributed by atoms with van der Waals surface area (Å²) in [6, 6.07) is 23.5. The lowest BCUT2D eigenvalue weighted by molar-refractivity contribution is 0.459. The van der Waals surface area contributed by atoms with Gasteiger partial charge in [-0.25, -0.2) is 0 Å². The van der Waals surface area contributed by atoms with E-state index < -0.39 is 0 Å². The molecule has 0 atom stereocenters. The zero-order valence-electron chi connectivity index (χ0n) is 15.9. The van der Waals surface area contributed by atoms with Gasteiger partial charge >= 0.3 is 0 Å². The monoisotopic (exact) mass is 400 g/mol. The van der Waals surface area contributed by atoms with Gasteiger partial charge in [-0.05, 0) is 84.9 Å². The van der Waals surface area contributed by atoms with E-state index in [1.807, 2.05) is 0 Å². The number of rotatable bonds is 5. The van der Waals surface area contributed by atoms with E-state index in [0.717, 1.165) is 0 Å². The van der Waals surface area contributed by atoms with Gasteiger partial charge in [-0.1, -0.05) is 0 Å². The number of ether oxygens (including phenoxy) is 2. The zero-order valence-corrected chi connectivity index (χ0v) is 15.9. The van der Waals surface area contributed by atoms with E-state index in [0.29, 0.717) is 45.5 Å². The second-order valence-corrected chi connectivity index (χ2v) is 6.70. The van der Waals surface area contributed by atoms with Gasteiger partial charge in [0.2, 0.25) is 0 Å². The average Bonchev–Trinajstić information content (AvgIpc) is 2.74. The first-order valence-electron chi connectivity index (χ1n) is 9.21. The molecule has 6 heteroatoms. The summed E-state index contributed by atoms with van der Waals surface area (Å²) in [5.41, 5.74) is 13.5. The molecule has 4 aromatic rings. The van der Waals surface area contributed by atoms with Gasteiger partial charge in [0.15, 0.2) is 0 Å². The molecule has 0 saturated heterocycles. The third-order valence-electron chi connectivity index (χ3n) is 4.46. The fraction of sp³-hybridized carbons (Fsp3) is 0. The van der Waals surface area contributed by atoms with Crippen molar-refractivity contribution in [2.24, 2.45) is 0 Å². The van der Waals surface area contributed by atoms with Gasteiger partial charge in [-0.2, -0.15) is 0 Å². The van der Waals surface area contributed by atoms with Crippen molar-refractivity contribution in [3.63, 3.8) is 0 Å². The molecule has 30 heavy (non-hydrogen) atoms. The van der Waals surface area contributed by atoms with E-state index >= 15 is 0 Å². The summed E-state index contributed by atoms with van der Waals surface area (Å²) >= 11 is 0. The van der Waals surface area contributed by atoms with Crippen LogP contribution in [-0.2, 0) is 0 Å². The Morgan fingerprint density at radius 2 is 0.800 bits per heavy atom. The largest absolute Gasteiger partial charge is 0.507 e. The summed E-state index contributed by atoms with van der Waals surface area (Å²) in [6.07, 6.45) is 0. The maximum atomic E-state index is 10.4. The number of hydrogen-bond donors (Lipinski definition) is 4. The molecule has 0 saturated carbocycles. The number of phenols is 2. The van der Waals surface area contributed by atoms with Crippen molar-refractivity contribution < 1.29 is 19.7 Å². The lowest BCUT2D eigenvalue weighted by Gasteiger charge is -2.13. The van der Waals surface area contributed by atoms with Crippen LogP contribution in [0.3, 0.4) is 0 Å². The van der Waals surface area contributed by atoms with Crippen LogP contribution in [0.4, 0.5) is 11.4 Å². The molecule has 6 N–H and O–H groups in total. The van der Waals surface area contributed by atoms with Crippen molar-refractivity contribution in [1.29, 1.82) is 0 Å². The van der Waals surface area contributed by atoms with E-state index in [1.54, 1.807) is 72.8 Å². The number of hydrogen-bond acceptors (Lipinski definition) is 6. The second-order valence-electron chi connectivity index (χ2n) is 6.70. The normalized spacial score (nSPS) is 10.5. The van der Waals surface area contributed by atoms with Crippen LogP contribution in [0.25, 0.3) is 11.1 Å². The average molecular weight is 400 g/mol. The molecule has 4 rings (SSSR count). The summed E-state index contributed by atoms with van der Waals surface area (Å²) in [5, 5.41) is 20.8. The van der Waals surface area contributed by atoms with Crippen LogP contribution < -0.4 is 20.9 Å². The molecular weight excluding hydrogens is 380 g/mol. The molecule has 0 aliphatic heterocycles. The summed E-state index contributed by atoms with van der Waals surface area (Å²) in [6.45, 7) is 0. The van der Waals surface area contributed by atoms with Gasteiger partial charge in [0.05, 0.1) is 0 Å². The Hall–Kier alpha value is -4.32. The SMILES string of the molecule is Nc1ccc(Oc2ccc(O)c(-c3cc(Oc4ccc(N)cc4)ccc3O)c2)cc1. The van der Waals surface area contributed by atoms with E-state index in [9.17, 15) is 10.2 Å². The maximum absolute atomic E-state index is 10.4. The van der Waals surface area contributed by atoms with Gasteiger partial charge in [-0.15, -0.1) is 0 Å². The molecule has 0 amide bonds. The molecule has 0 aliphatic rings. The first kappa shape index (κ1) is 19.0. The van der Waals surface area contributed by atoms with E-state index in [4.69, 9.17) is 20.9 Å². The number of nitrogens with two attached hydrogens (primary N) is 2. The van der Waals surface area contributed by atoms with Crippen molar-refractivity contribution in [2.75, 3.05) is 11.5 Å². The van der Waals surface area contributed by atoms with E-state index in [2.05, 4.69) is 0 Å². The lowest BCUT2D eigenvalue weighted by atomic mass is 10.0. The summed E-state index contributed by atoms with van der Waals surface area (Å²) in [5.74, 6) is 2.20. The molecule has 150 valence electrons. The van der Waals surface area contributed by atoms with Crippen molar-refractivity contribution in [2.45, 2.75) is 0 Å². The fourth-order valence-electron chi connectivity index (χ4n) is 2.93. The van der Waals surface area contributed by atoms with Crippen LogP contribution in [0.1, 0.15) is 0 Å². The Balaban J connectivity index is 1.65. The minimum atomic E-state index is -0.000379. The first-order chi connectivity index (χ1) is 14.5. The highest BCUT2D eigenvalue weighted by molar-refractivity contribution is 5.77. The third-order valence-corrected chi connectivity index (χ3v) is 4.46. The lowest BCUT2D eigenvalue weighted by Crippen LogP contribution is -1.90. The van der Waals surface area contributed by atoms with E-state index in [1.165, 1.54) is 12.1 Å². The van der Waals surface area contributed by atoms with Crippen LogP contribution in [0.15, 0.2) is 84.9 Å². The molecule has 0 spiro atoms. The summed E-state index contributed by atoms with van der Waals surface area (Å²) in [4.78, 5) is 0. The summed E-state index contributed by atoms with van der Waals surface area (Å²) in [7, 11) is 0. The van der Waals surface area contributed by atoms with Gasteiger partial charge in [0, 0.05) is 22.5 Å². The van der Waals surface area contributed by atoms with Crippen molar-refractivity contribution >= 4 is 11.4 Å². The molecule has 0 bridgehead atoms. The first-order valence-corrected chi connectivity index (χ1v) is 9.21. The van der Waals surface area contributed by atoms with Gasteiger partial charge in [0.25, 0.3) is 0 Å². The van der Waals surface area contributed by atoms with Crippen LogP contribution in [0.2, 0.25) is 0 Å². The molecular formula is C24H20N2O4. The predicted octanol–water partition coefficient (Wildman–Crippen LogP) is 5.51. The molecule has 4 aromatic carbocycles. The fourth-order valence-corrected chi connectivity index (χ4v) is 2.93. The predicted molar refractivity (Wildman–Crippen MR) is 117 cm³/mol. The quantitative estimate of drug-likeness (QED) is 0.329. The highest BCUT2D eigenvalue weighted by atomic mass is 16.5. The Morgan fingerprint density at radius 1 is 0.467 bits per heavy atom. The molecule has 0 radical (unpaired) electrons. The smallest absolute Gasteiger partial charge is 0.128 e. The van der Waals surface area contributed by atoms with Crippen molar-refractivity contribution in [1.82, 2.24) is 0 Å². The highest BCUT2D eigenvalue weighted by Crippen LogP contribution is 2.41. The van der Waals surface area contributed by atoms with Crippen LogP contribution in [0, 0.1) is 0 Å². The minimum absolute atomic E-state index is 0.000379. The Morgan fingerprint density at radius 3 is 1.17 bits per heavy atom. The van der Waals surface area contributed by atoms with Gasteiger partial charge < -0.3 is 31.2 Å². The summed E-state index contributed by atoms with van der Waals surface area (Å²) < 4.78 is 11.7. The van der Waals surface area contributed by atoms with Crippen LogP contribution in [-0.4, -0.2) is 10.2 Å². The zero-order chi connectivity index (χ0) is 21.1. The molecule has 0 unspecified atom stereocenters. The third kappa shape index (κ3) is 4.23. The highest BCUT2D eigenvalue weighted by Gasteiger charge is 2.13. The van der Waals surface area contributed by atoms with Gasteiger partial charge in [0.1, 0.15) is 34.5 Å². The Labute approximate surface area is 173 Å². The molecule has 0 aliphatic carbocycles.